The van der Waals surface area contributed by atoms with E-state index in [1.165, 1.54) is 17.7 Å². The SMILES string of the molecule is Cc1nc2cc(C3CC3)c(/C=C/C3CC(CC(=O)OC(C)(C)C)OC(C)(C)O3)c(-c3ccc(F)cc3)c2s1. The van der Waals surface area contributed by atoms with Crippen LogP contribution in [-0.2, 0) is 19.0 Å². The largest absolute Gasteiger partial charge is 0.460 e. The predicted octanol–water partition coefficient (Wildman–Crippen LogP) is 7.94. The third-order valence-corrected chi connectivity index (χ3v) is 7.69. The highest BCUT2D eigenvalue weighted by Crippen LogP contribution is 2.48. The van der Waals surface area contributed by atoms with Crippen LogP contribution in [0.25, 0.3) is 27.4 Å². The summed E-state index contributed by atoms with van der Waals surface area (Å²) in [5.41, 5.74) is 4.91. The molecular weight excluding hydrogens is 501 g/mol. The standard InChI is InChI=1S/C31H36FNO4S/c1-18-33-26-17-25(19-7-8-19)24(28(29(26)38-18)20-9-11-21(32)12-10-20)14-13-22-15-23(36-31(5,6)35-22)16-27(34)37-30(2,3)4/h9-14,17,19,22-23H,7-8,15-16H2,1-6H3/b14-13+. The molecule has 2 unspecified atom stereocenters. The molecule has 0 bridgehead atoms. The first-order valence-electron chi connectivity index (χ1n) is 13.3. The molecule has 0 amide bonds. The number of fused-ring (bicyclic) bond motifs is 1. The number of carbonyl (C=O) groups excluding carboxylic acids is 1. The van der Waals surface area contributed by atoms with Crippen molar-refractivity contribution in [1.82, 2.24) is 4.98 Å². The van der Waals surface area contributed by atoms with E-state index in [4.69, 9.17) is 19.2 Å². The Kier molecular flexibility index (Phi) is 7.22. The molecule has 1 saturated heterocycles. The molecule has 1 aliphatic carbocycles. The van der Waals surface area contributed by atoms with E-state index >= 15 is 0 Å². The first-order valence-corrected chi connectivity index (χ1v) is 14.1. The molecule has 5 nitrogen and oxygen atoms in total. The van der Waals surface area contributed by atoms with E-state index in [1.54, 1.807) is 11.3 Å². The Hall–Kier alpha value is -2.61. The molecule has 0 N–H and O–H groups in total. The summed E-state index contributed by atoms with van der Waals surface area (Å²) < 4.78 is 32.8. The van der Waals surface area contributed by atoms with Gasteiger partial charge in [0.15, 0.2) is 5.79 Å². The molecular formula is C31H36FNO4S. The lowest BCUT2D eigenvalue weighted by molar-refractivity contribution is -0.290. The van der Waals surface area contributed by atoms with Crippen molar-refractivity contribution in [1.29, 1.82) is 0 Å². The number of aryl methyl sites for hydroxylation is 1. The molecule has 0 spiro atoms. The molecule has 2 fully saturated rings. The van der Waals surface area contributed by atoms with Crippen LogP contribution in [-0.4, -0.2) is 34.5 Å². The normalized spacial score (nSPS) is 21.8. The van der Waals surface area contributed by atoms with Gasteiger partial charge < -0.3 is 14.2 Å². The summed E-state index contributed by atoms with van der Waals surface area (Å²) in [5.74, 6) is -0.872. The van der Waals surface area contributed by atoms with Crippen LogP contribution in [0.2, 0.25) is 0 Å². The lowest BCUT2D eigenvalue weighted by Crippen LogP contribution is -2.45. The second kappa shape index (κ2) is 10.2. The number of aromatic nitrogens is 1. The fraction of sp³-hybridized carbons (Fsp3) is 0.484. The summed E-state index contributed by atoms with van der Waals surface area (Å²) in [6.07, 6.45) is 6.71. The second-order valence-electron chi connectivity index (χ2n) is 11.8. The van der Waals surface area contributed by atoms with E-state index in [0.717, 1.165) is 44.8 Å². The van der Waals surface area contributed by atoms with Crippen LogP contribution >= 0.6 is 11.3 Å². The number of halogens is 1. The van der Waals surface area contributed by atoms with Gasteiger partial charge in [-0.15, -0.1) is 11.3 Å². The summed E-state index contributed by atoms with van der Waals surface area (Å²) in [6, 6.07) is 8.94. The lowest BCUT2D eigenvalue weighted by atomic mass is 9.91. The number of carbonyl (C=O) groups is 1. The fourth-order valence-corrected chi connectivity index (χ4v) is 6.17. The molecule has 1 aromatic heterocycles. The smallest absolute Gasteiger partial charge is 0.308 e. The predicted molar refractivity (Wildman–Crippen MR) is 150 cm³/mol. The maximum Gasteiger partial charge on any atom is 0.308 e. The van der Waals surface area contributed by atoms with Crippen molar-refractivity contribution in [3.05, 3.63) is 58.4 Å². The van der Waals surface area contributed by atoms with E-state index in [9.17, 15) is 9.18 Å². The van der Waals surface area contributed by atoms with Crippen molar-refractivity contribution in [3.63, 3.8) is 0 Å². The summed E-state index contributed by atoms with van der Waals surface area (Å²) in [4.78, 5) is 17.3. The van der Waals surface area contributed by atoms with Crippen molar-refractivity contribution >= 4 is 33.6 Å². The second-order valence-corrected chi connectivity index (χ2v) is 13.0. The summed E-state index contributed by atoms with van der Waals surface area (Å²) in [7, 11) is 0. The molecule has 38 heavy (non-hydrogen) atoms. The highest BCUT2D eigenvalue weighted by Gasteiger charge is 2.36. The topological polar surface area (TPSA) is 57.7 Å². The van der Waals surface area contributed by atoms with Gasteiger partial charge in [0.25, 0.3) is 0 Å². The van der Waals surface area contributed by atoms with Gasteiger partial charge in [0.1, 0.15) is 11.4 Å². The number of thiazole rings is 1. The molecule has 5 rings (SSSR count). The number of rotatable bonds is 6. The first kappa shape index (κ1) is 27.0. The molecule has 2 aliphatic rings. The quantitative estimate of drug-likeness (QED) is 0.299. The zero-order valence-corrected chi connectivity index (χ0v) is 23.8. The molecule has 2 atom stereocenters. The van der Waals surface area contributed by atoms with Crippen molar-refractivity contribution in [2.45, 2.75) is 96.7 Å². The van der Waals surface area contributed by atoms with Crippen LogP contribution in [0.5, 0.6) is 0 Å². The van der Waals surface area contributed by atoms with E-state index in [1.807, 2.05) is 53.7 Å². The third kappa shape index (κ3) is 6.33. The minimum Gasteiger partial charge on any atom is -0.460 e. The Morgan fingerprint density at radius 2 is 1.92 bits per heavy atom. The monoisotopic (exact) mass is 537 g/mol. The number of benzene rings is 2. The van der Waals surface area contributed by atoms with Crippen LogP contribution in [0, 0.1) is 12.7 Å². The summed E-state index contributed by atoms with van der Waals surface area (Å²) in [6.45, 7) is 11.4. The van der Waals surface area contributed by atoms with Crippen molar-refractivity contribution < 1.29 is 23.4 Å². The highest BCUT2D eigenvalue weighted by molar-refractivity contribution is 7.19. The lowest BCUT2D eigenvalue weighted by Gasteiger charge is -2.39. The minimum atomic E-state index is -0.836. The molecule has 2 heterocycles. The van der Waals surface area contributed by atoms with E-state index < -0.39 is 11.4 Å². The average molecular weight is 538 g/mol. The first-order chi connectivity index (χ1) is 17.9. The average Bonchev–Trinajstić information content (AvgIpc) is 3.56. The van der Waals surface area contributed by atoms with Crippen molar-refractivity contribution in [3.8, 4) is 11.1 Å². The van der Waals surface area contributed by atoms with Crippen LogP contribution in [0.3, 0.4) is 0 Å². The third-order valence-electron chi connectivity index (χ3n) is 6.68. The maximum atomic E-state index is 13.8. The van der Waals surface area contributed by atoms with E-state index in [-0.39, 0.29) is 30.4 Å². The molecule has 202 valence electrons. The van der Waals surface area contributed by atoms with Gasteiger partial charge in [-0.2, -0.15) is 0 Å². The summed E-state index contributed by atoms with van der Waals surface area (Å²) in [5, 5.41) is 1.01. The van der Waals surface area contributed by atoms with Gasteiger partial charge in [-0.3, -0.25) is 4.79 Å². The molecule has 1 saturated carbocycles. The minimum absolute atomic E-state index is 0.175. The number of ether oxygens (including phenoxy) is 3. The van der Waals surface area contributed by atoms with Crippen molar-refractivity contribution in [2.75, 3.05) is 0 Å². The Labute approximate surface area is 228 Å². The Morgan fingerprint density at radius 1 is 1.21 bits per heavy atom. The molecule has 1 aliphatic heterocycles. The molecule has 0 radical (unpaired) electrons. The maximum absolute atomic E-state index is 13.8. The van der Waals surface area contributed by atoms with Gasteiger partial charge in [0.2, 0.25) is 0 Å². The highest BCUT2D eigenvalue weighted by atomic mass is 32.1. The van der Waals surface area contributed by atoms with Gasteiger partial charge in [-0.25, -0.2) is 9.37 Å². The van der Waals surface area contributed by atoms with Crippen LogP contribution < -0.4 is 0 Å². The van der Waals surface area contributed by atoms with Crippen LogP contribution in [0.1, 0.15) is 82.4 Å². The van der Waals surface area contributed by atoms with Crippen molar-refractivity contribution in [2.24, 2.45) is 0 Å². The van der Waals surface area contributed by atoms with E-state index in [2.05, 4.69) is 18.2 Å². The van der Waals surface area contributed by atoms with Gasteiger partial charge in [-0.1, -0.05) is 24.3 Å². The van der Waals surface area contributed by atoms with Gasteiger partial charge >= 0.3 is 5.97 Å². The molecule has 2 aromatic carbocycles. The Bertz CT molecular complexity index is 1370. The zero-order valence-electron chi connectivity index (χ0n) is 23.0. The number of esters is 1. The van der Waals surface area contributed by atoms with Crippen LogP contribution in [0.4, 0.5) is 4.39 Å². The fourth-order valence-electron chi connectivity index (χ4n) is 5.19. The molecule has 3 aromatic rings. The number of nitrogens with zero attached hydrogens (tertiary/aromatic N) is 1. The zero-order chi connectivity index (χ0) is 27.2. The van der Waals surface area contributed by atoms with E-state index in [0.29, 0.717) is 12.3 Å². The van der Waals surface area contributed by atoms with Gasteiger partial charge in [-0.05, 0) is 95.2 Å². The van der Waals surface area contributed by atoms with Gasteiger partial charge in [0.05, 0.1) is 33.9 Å². The summed E-state index contributed by atoms with van der Waals surface area (Å²) >= 11 is 1.66. The van der Waals surface area contributed by atoms with Gasteiger partial charge in [0, 0.05) is 12.0 Å². The Morgan fingerprint density at radius 3 is 2.58 bits per heavy atom. The van der Waals surface area contributed by atoms with Crippen LogP contribution in [0.15, 0.2) is 36.4 Å². The number of hydrogen-bond acceptors (Lipinski definition) is 6. The number of hydrogen-bond donors (Lipinski definition) is 0. The molecule has 7 heteroatoms. The Balaban J connectivity index is 1.50.